The zero-order valence-electron chi connectivity index (χ0n) is 22.6. The molecule has 4 fully saturated rings. The molecule has 0 aliphatic heterocycles. The van der Waals surface area contributed by atoms with E-state index in [-0.39, 0.29) is 40.0 Å². The van der Waals surface area contributed by atoms with Crippen LogP contribution >= 0.6 is 0 Å². The number of aliphatic hydroxyl groups excluding tert-OH is 2. The van der Waals surface area contributed by atoms with Gasteiger partial charge in [0.15, 0.2) is 0 Å². The second-order valence-corrected chi connectivity index (χ2v) is 13.8. The van der Waals surface area contributed by atoms with Crippen molar-refractivity contribution in [3.8, 4) is 0 Å². The number of hydrogen-bond acceptors (Lipinski definition) is 5. The van der Waals surface area contributed by atoms with E-state index in [2.05, 4.69) is 40.3 Å². The molecule has 5 rings (SSSR count). The summed E-state index contributed by atoms with van der Waals surface area (Å²) in [5.41, 5.74) is -0.269. The van der Waals surface area contributed by atoms with Crippen molar-refractivity contribution in [3.05, 3.63) is 23.8 Å². The molecule has 5 heteroatoms. The summed E-state index contributed by atoms with van der Waals surface area (Å²) in [6.07, 6.45) is 7.45. The Morgan fingerprint density at radius 3 is 2.43 bits per heavy atom. The summed E-state index contributed by atoms with van der Waals surface area (Å²) in [6.45, 7) is 15.3. The number of carbonyl (C=O) groups excluding carboxylic acids is 1. The maximum atomic E-state index is 13.4. The van der Waals surface area contributed by atoms with Crippen molar-refractivity contribution in [1.29, 1.82) is 0 Å². The third kappa shape index (κ3) is 2.95. The first-order valence-electron chi connectivity index (χ1n) is 13.8. The second kappa shape index (κ2) is 7.68. The zero-order valence-corrected chi connectivity index (χ0v) is 22.6. The van der Waals surface area contributed by atoms with Gasteiger partial charge in [0.1, 0.15) is 0 Å². The van der Waals surface area contributed by atoms with Gasteiger partial charge < -0.3 is 20.1 Å². The molecule has 11 unspecified atom stereocenters. The maximum Gasteiger partial charge on any atom is 0.312 e. The van der Waals surface area contributed by atoms with Crippen LogP contribution in [0.1, 0.15) is 86.0 Å². The lowest BCUT2D eigenvalue weighted by Crippen LogP contribution is -2.68. The minimum Gasteiger partial charge on any atom is -0.469 e. The lowest BCUT2D eigenvalue weighted by molar-refractivity contribution is -0.212. The average molecular weight is 487 g/mol. The van der Waals surface area contributed by atoms with Crippen molar-refractivity contribution in [3.63, 3.8) is 0 Å². The molecule has 0 radical (unpaired) electrons. The Bertz CT molecular complexity index is 968. The molecular weight excluding hydrogens is 440 g/mol. The minimum absolute atomic E-state index is 0.0843. The van der Waals surface area contributed by atoms with Crippen molar-refractivity contribution in [1.82, 2.24) is 0 Å². The van der Waals surface area contributed by atoms with Gasteiger partial charge in [-0.25, -0.2) is 0 Å². The number of allylic oxidation sites excluding steroid dienone is 1. The zero-order chi connectivity index (χ0) is 25.8. The van der Waals surface area contributed by atoms with Crippen molar-refractivity contribution < 1.29 is 24.9 Å². The van der Waals surface area contributed by atoms with Crippen LogP contribution in [0.3, 0.4) is 0 Å². The Balaban J connectivity index is 1.66. The van der Waals surface area contributed by atoms with E-state index in [0.717, 1.165) is 37.7 Å². The molecule has 5 aliphatic rings. The molecule has 0 aromatic heterocycles. The Morgan fingerprint density at radius 2 is 1.77 bits per heavy atom. The largest absolute Gasteiger partial charge is 0.469 e. The highest BCUT2D eigenvalue weighted by Crippen LogP contribution is 2.75. The van der Waals surface area contributed by atoms with E-state index in [1.807, 2.05) is 6.92 Å². The maximum absolute atomic E-state index is 13.4. The molecule has 0 heterocycles. The van der Waals surface area contributed by atoms with Crippen LogP contribution in [0.5, 0.6) is 0 Å². The SMILES string of the molecule is C=C1C(O)CCC2(C)C1C(O)CC1(C)C2CC=C2C3C(C(=O)OC)(CCC(C)C3(C)O)CCC21C. The number of ether oxygens (including phenoxy) is 1. The molecule has 5 aliphatic carbocycles. The van der Waals surface area contributed by atoms with Crippen LogP contribution < -0.4 is 0 Å². The molecule has 3 N–H and O–H groups in total. The summed E-state index contributed by atoms with van der Waals surface area (Å²) in [5, 5.41) is 34.2. The monoisotopic (exact) mass is 486 g/mol. The second-order valence-electron chi connectivity index (χ2n) is 13.8. The molecule has 0 aromatic rings. The smallest absolute Gasteiger partial charge is 0.312 e. The molecule has 0 aromatic carbocycles. The van der Waals surface area contributed by atoms with Gasteiger partial charge in [0.05, 0.1) is 30.3 Å². The van der Waals surface area contributed by atoms with Crippen LogP contribution in [0.25, 0.3) is 0 Å². The summed E-state index contributed by atoms with van der Waals surface area (Å²) in [5.74, 6) is -0.149. The Morgan fingerprint density at radius 1 is 1.09 bits per heavy atom. The predicted octanol–water partition coefficient (Wildman–Crippen LogP) is 4.79. The van der Waals surface area contributed by atoms with Gasteiger partial charge in [-0.1, -0.05) is 45.9 Å². The molecule has 196 valence electrons. The van der Waals surface area contributed by atoms with E-state index in [1.165, 1.54) is 12.7 Å². The minimum atomic E-state index is -1.01. The number of rotatable bonds is 1. The van der Waals surface area contributed by atoms with Gasteiger partial charge in [-0.2, -0.15) is 0 Å². The van der Waals surface area contributed by atoms with Crippen LogP contribution in [0.2, 0.25) is 0 Å². The Kier molecular flexibility index (Phi) is 5.59. The van der Waals surface area contributed by atoms with E-state index >= 15 is 0 Å². The molecule has 4 saturated carbocycles. The number of hydrogen-bond donors (Lipinski definition) is 3. The van der Waals surface area contributed by atoms with Gasteiger partial charge >= 0.3 is 5.97 Å². The molecule has 11 atom stereocenters. The van der Waals surface area contributed by atoms with Crippen molar-refractivity contribution in [2.24, 2.45) is 45.3 Å². The fraction of sp³-hybridized carbons (Fsp3) is 0.833. The third-order valence-electron chi connectivity index (χ3n) is 12.7. The molecule has 0 spiro atoms. The highest BCUT2D eigenvalue weighted by molar-refractivity contribution is 5.79. The van der Waals surface area contributed by atoms with Crippen molar-refractivity contribution >= 4 is 5.97 Å². The topological polar surface area (TPSA) is 87.0 Å². The number of methoxy groups -OCH3 is 1. The van der Waals surface area contributed by atoms with Crippen molar-refractivity contribution in [2.45, 2.75) is 104 Å². The highest BCUT2D eigenvalue weighted by atomic mass is 16.5. The lowest BCUT2D eigenvalue weighted by Gasteiger charge is -2.71. The number of fused-ring (bicyclic) bond motifs is 7. The van der Waals surface area contributed by atoms with E-state index in [4.69, 9.17) is 4.74 Å². The fourth-order valence-corrected chi connectivity index (χ4v) is 10.4. The molecular formula is C30H46O5. The lowest BCUT2D eigenvalue weighted by atomic mass is 9.34. The summed E-state index contributed by atoms with van der Waals surface area (Å²) in [6, 6.07) is 0. The number of aliphatic hydroxyl groups is 3. The summed E-state index contributed by atoms with van der Waals surface area (Å²) in [4.78, 5) is 13.4. The van der Waals surface area contributed by atoms with E-state index in [9.17, 15) is 20.1 Å². The standard InChI is InChI=1S/C30H46O5/c1-17-10-13-30(25(33)35-7)15-14-27(4)19(24(30)29(17,6)34)8-9-22-26(3)12-11-20(31)18(2)23(26)21(32)16-28(22,27)5/h8,17,20-24,31-32,34H,2,9-16H2,1,3-7H3. The van der Waals surface area contributed by atoms with E-state index in [0.29, 0.717) is 25.2 Å². The summed E-state index contributed by atoms with van der Waals surface area (Å²) >= 11 is 0. The van der Waals surface area contributed by atoms with E-state index in [1.54, 1.807) is 0 Å². The van der Waals surface area contributed by atoms with E-state index < -0.39 is 23.2 Å². The first-order valence-corrected chi connectivity index (χ1v) is 13.8. The van der Waals surface area contributed by atoms with Gasteiger partial charge in [0.2, 0.25) is 0 Å². The average Bonchev–Trinajstić information content (AvgIpc) is 2.79. The van der Waals surface area contributed by atoms with Gasteiger partial charge in [0.25, 0.3) is 0 Å². The van der Waals surface area contributed by atoms with Gasteiger partial charge in [-0.3, -0.25) is 4.79 Å². The van der Waals surface area contributed by atoms with Gasteiger partial charge in [0, 0.05) is 11.8 Å². The molecule has 0 bridgehead atoms. The molecule has 0 amide bonds. The molecule has 35 heavy (non-hydrogen) atoms. The number of esters is 1. The van der Waals surface area contributed by atoms with Crippen LogP contribution in [-0.4, -0.2) is 46.2 Å². The number of carbonyl (C=O) groups is 1. The highest BCUT2D eigenvalue weighted by Gasteiger charge is 2.71. The van der Waals surface area contributed by atoms with Crippen LogP contribution in [0, 0.1) is 45.3 Å². The van der Waals surface area contributed by atoms with Gasteiger partial charge in [-0.05, 0) is 91.9 Å². The first-order chi connectivity index (χ1) is 16.2. The molecule has 5 nitrogen and oxygen atoms in total. The fourth-order valence-electron chi connectivity index (χ4n) is 10.4. The molecule has 0 saturated heterocycles. The quantitative estimate of drug-likeness (QED) is 0.366. The van der Waals surface area contributed by atoms with Crippen LogP contribution in [0.15, 0.2) is 23.8 Å². The Labute approximate surface area is 211 Å². The van der Waals surface area contributed by atoms with Crippen LogP contribution in [-0.2, 0) is 9.53 Å². The first kappa shape index (κ1) is 25.5. The normalized spacial score (nSPS) is 55.6. The third-order valence-corrected chi connectivity index (χ3v) is 12.7. The predicted molar refractivity (Wildman–Crippen MR) is 135 cm³/mol. The summed E-state index contributed by atoms with van der Waals surface area (Å²) in [7, 11) is 1.48. The van der Waals surface area contributed by atoms with Gasteiger partial charge in [-0.15, -0.1) is 0 Å². The summed E-state index contributed by atoms with van der Waals surface area (Å²) < 4.78 is 5.40. The Hall–Kier alpha value is -1.17. The van der Waals surface area contributed by atoms with Crippen molar-refractivity contribution in [2.75, 3.05) is 7.11 Å². The van der Waals surface area contributed by atoms with Crippen LogP contribution in [0.4, 0.5) is 0 Å².